The standard InChI is InChI=1S/C25H26N2O/c1-4-20-17-19-11-9-15-23(18-10-8-14-22(16-18)26(2)3)24(19)25(28)27(20)21-12-6-5-7-13-21/h6,8-17H,4-5,7H2,1-3H3. The van der Waals surface area contributed by atoms with Crippen LogP contribution in [-0.2, 0) is 6.42 Å². The molecule has 2 aromatic carbocycles. The van der Waals surface area contributed by atoms with Gasteiger partial charge in [0, 0.05) is 31.2 Å². The summed E-state index contributed by atoms with van der Waals surface area (Å²) in [5.74, 6) is 0. The first-order valence-electron chi connectivity index (χ1n) is 9.92. The van der Waals surface area contributed by atoms with Crippen LogP contribution in [0.1, 0.15) is 25.5 Å². The van der Waals surface area contributed by atoms with Crippen molar-refractivity contribution in [2.24, 2.45) is 0 Å². The smallest absolute Gasteiger partial charge is 0.263 e. The minimum atomic E-state index is 0.0676. The van der Waals surface area contributed by atoms with Crippen molar-refractivity contribution in [1.82, 2.24) is 4.57 Å². The zero-order valence-electron chi connectivity index (χ0n) is 16.8. The molecule has 1 aliphatic carbocycles. The summed E-state index contributed by atoms with van der Waals surface area (Å²) in [7, 11) is 4.06. The van der Waals surface area contributed by atoms with E-state index in [4.69, 9.17) is 0 Å². The molecular formula is C25H26N2O. The van der Waals surface area contributed by atoms with Crippen LogP contribution in [0.5, 0.6) is 0 Å². The van der Waals surface area contributed by atoms with E-state index < -0.39 is 0 Å². The van der Waals surface area contributed by atoms with E-state index in [1.807, 2.05) is 30.8 Å². The molecule has 0 amide bonds. The topological polar surface area (TPSA) is 25.2 Å². The number of fused-ring (bicyclic) bond motifs is 1. The Kier molecular flexibility index (Phi) is 4.91. The van der Waals surface area contributed by atoms with Gasteiger partial charge in [-0.1, -0.05) is 49.4 Å². The first-order chi connectivity index (χ1) is 13.6. The van der Waals surface area contributed by atoms with E-state index in [1.54, 1.807) is 0 Å². The maximum Gasteiger partial charge on any atom is 0.263 e. The van der Waals surface area contributed by atoms with E-state index in [-0.39, 0.29) is 5.56 Å². The summed E-state index contributed by atoms with van der Waals surface area (Å²) in [6.07, 6.45) is 9.23. The van der Waals surface area contributed by atoms with Gasteiger partial charge in [-0.2, -0.15) is 0 Å². The molecule has 0 saturated carbocycles. The fourth-order valence-electron chi connectivity index (χ4n) is 3.92. The lowest BCUT2D eigenvalue weighted by molar-refractivity contribution is 0.895. The summed E-state index contributed by atoms with van der Waals surface area (Å²) in [5, 5.41) is 1.79. The highest BCUT2D eigenvalue weighted by Gasteiger charge is 2.15. The van der Waals surface area contributed by atoms with Gasteiger partial charge in [0.25, 0.3) is 5.56 Å². The van der Waals surface area contributed by atoms with Gasteiger partial charge in [-0.15, -0.1) is 0 Å². The van der Waals surface area contributed by atoms with Gasteiger partial charge in [-0.25, -0.2) is 0 Å². The number of hydrogen-bond acceptors (Lipinski definition) is 2. The molecule has 1 heterocycles. The van der Waals surface area contributed by atoms with Crippen molar-refractivity contribution in [3.05, 3.63) is 82.8 Å². The van der Waals surface area contributed by atoms with Crippen LogP contribution in [0.4, 0.5) is 5.69 Å². The van der Waals surface area contributed by atoms with Crippen molar-refractivity contribution < 1.29 is 0 Å². The molecule has 0 bridgehead atoms. The summed E-state index contributed by atoms with van der Waals surface area (Å²) in [6.45, 7) is 2.11. The second kappa shape index (κ2) is 7.51. The molecule has 3 heteroatoms. The van der Waals surface area contributed by atoms with Crippen LogP contribution >= 0.6 is 0 Å². The van der Waals surface area contributed by atoms with Gasteiger partial charge in [0.15, 0.2) is 0 Å². The highest BCUT2D eigenvalue weighted by molar-refractivity contribution is 5.97. The lowest BCUT2D eigenvalue weighted by Gasteiger charge is -2.18. The van der Waals surface area contributed by atoms with Gasteiger partial charge in [0.1, 0.15) is 0 Å². The monoisotopic (exact) mass is 370 g/mol. The summed E-state index contributed by atoms with van der Waals surface area (Å²) in [6, 6.07) is 16.7. The van der Waals surface area contributed by atoms with Gasteiger partial charge in [0.05, 0.1) is 5.39 Å². The second-order valence-electron chi connectivity index (χ2n) is 7.45. The number of rotatable bonds is 4. The second-order valence-corrected chi connectivity index (χ2v) is 7.45. The van der Waals surface area contributed by atoms with E-state index in [9.17, 15) is 4.79 Å². The summed E-state index contributed by atoms with van der Waals surface area (Å²) in [4.78, 5) is 15.8. The van der Waals surface area contributed by atoms with Crippen LogP contribution < -0.4 is 10.5 Å². The predicted molar refractivity (Wildman–Crippen MR) is 120 cm³/mol. The van der Waals surface area contributed by atoms with Crippen molar-refractivity contribution >= 4 is 22.2 Å². The molecule has 0 aliphatic heterocycles. The largest absolute Gasteiger partial charge is 0.378 e. The third-order valence-corrected chi connectivity index (χ3v) is 5.39. The normalized spacial score (nSPS) is 13.6. The maximum absolute atomic E-state index is 13.7. The number of anilines is 1. The lowest BCUT2D eigenvalue weighted by Crippen LogP contribution is -2.23. The van der Waals surface area contributed by atoms with Crippen LogP contribution in [0, 0.1) is 0 Å². The molecule has 0 fully saturated rings. The number of aryl methyl sites for hydroxylation is 1. The van der Waals surface area contributed by atoms with Gasteiger partial charge >= 0.3 is 0 Å². The molecule has 0 unspecified atom stereocenters. The fraction of sp³-hybridized carbons (Fsp3) is 0.240. The predicted octanol–water partition coefficient (Wildman–Crippen LogP) is 5.49. The number of hydrogen-bond donors (Lipinski definition) is 0. The number of aromatic nitrogens is 1. The Morgan fingerprint density at radius 1 is 1.04 bits per heavy atom. The molecular weight excluding hydrogens is 344 g/mol. The van der Waals surface area contributed by atoms with E-state index in [1.165, 1.54) is 0 Å². The molecule has 0 radical (unpaired) electrons. The van der Waals surface area contributed by atoms with E-state index in [2.05, 4.69) is 66.4 Å². The molecule has 1 aliphatic rings. The lowest BCUT2D eigenvalue weighted by atomic mass is 9.97. The minimum absolute atomic E-state index is 0.0676. The Morgan fingerprint density at radius 2 is 1.86 bits per heavy atom. The fourth-order valence-corrected chi connectivity index (χ4v) is 3.92. The maximum atomic E-state index is 13.7. The Hall–Kier alpha value is -3.07. The highest BCUT2D eigenvalue weighted by Crippen LogP contribution is 2.30. The van der Waals surface area contributed by atoms with Crippen LogP contribution in [0.2, 0.25) is 0 Å². The van der Waals surface area contributed by atoms with Gasteiger partial charge in [-0.3, -0.25) is 9.36 Å². The molecule has 0 N–H and O–H groups in total. The number of nitrogens with zero attached hydrogens (tertiary/aromatic N) is 2. The molecule has 3 nitrogen and oxygen atoms in total. The number of allylic oxidation sites excluding steroid dienone is 4. The molecule has 4 rings (SSSR count). The zero-order chi connectivity index (χ0) is 19.7. The summed E-state index contributed by atoms with van der Waals surface area (Å²) in [5.41, 5.74) is 5.29. The van der Waals surface area contributed by atoms with Gasteiger partial charge in [-0.05, 0) is 60.1 Å². The Bertz CT molecular complexity index is 1150. The van der Waals surface area contributed by atoms with Crippen LogP contribution in [-0.4, -0.2) is 18.7 Å². The average molecular weight is 370 g/mol. The van der Waals surface area contributed by atoms with Crippen molar-refractivity contribution in [3.8, 4) is 11.1 Å². The Labute approximate surface area is 166 Å². The quantitative estimate of drug-likeness (QED) is 0.607. The third kappa shape index (κ3) is 3.18. The molecule has 0 spiro atoms. The first kappa shape index (κ1) is 18.3. The zero-order valence-corrected chi connectivity index (χ0v) is 16.8. The first-order valence-corrected chi connectivity index (χ1v) is 9.92. The van der Waals surface area contributed by atoms with Crippen LogP contribution in [0.3, 0.4) is 0 Å². The Morgan fingerprint density at radius 3 is 2.57 bits per heavy atom. The molecule has 0 saturated heterocycles. The minimum Gasteiger partial charge on any atom is -0.378 e. The molecule has 1 aromatic heterocycles. The molecule has 0 atom stereocenters. The van der Waals surface area contributed by atoms with Crippen molar-refractivity contribution in [2.75, 3.05) is 19.0 Å². The van der Waals surface area contributed by atoms with Crippen molar-refractivity contribution in [3.63, 3.8) is 0 Å². The summed E-state index contributed by atoms with van der Waals surface area (Å²) < 4.78 is 1.90. The Balaban J connectivity index is 2.02. The molecule has 3 aromatic rings. The van der Waals surface area contributed by atoms with E-state index in [0.29, 0.717) is 0 Å². The molecule has 28 heavy (non-hydrogen) atoms. The van der Waals surface area contributed by atoms with Crippen molar-refractivity contribution in [2.45, 2.75) is 26.2 Å². The summed E-state index contributed by atoms with van der Waals surface area (Å²) >= 11 is 0. The highest BCUT2D eigenvalue weighted by atomic mass is 16.1. The molecule has 142 valence electrons. The number of benzene rings is 2. The van der Waals surface area contributed by atoms with Crippen LogP contribution in [0.15, 0.2) is 71.6 Å². The third-order valence-electron chi connectivity index (χ3n) is 5.39. The van der Waals surface area contributed by atoms with Crippen LogP contribution in [0.25, 0.3) is 27.6 Å². The van der Waals surface area contributed by atoms with E-state index >= 15 is 0 Å². The SMILES string of the molecule is CCc1cc2cccc(-c3cccc(N(C)C)c3)c2c(=O)n1C1=CCCC=C1. The van der Waals surface area contributed by atoms with Crippen molar-refractivity contribution in [1.29, 1.82) is 0 Å². The van der Waals surface area contributed by atoms with Gasteiger partial charge in [0.2, 0.25) is 0 Å². The van der Waals surface area contributed by atoms with Gasteiger partial charge < -0.3 is 4.90 Å². The van der Waals surface area contributed by atoms with E-state index in [0.717, 1.165) is 58.2 Å². The average Bonchev–Trinajstić information content (AvgIpc) is 2.73. The number of pyridine rings is 1.